The zero-order chi connectivity index (χ0) is 21.6. The first-order valence-electron chi connectivity index (χ1n) is 11.2. The summed E-state index contributed by atoms with van der Waals surface area (Å²) >= 11 is 0. The molecule has 0 amide bonds. The van der Waals surface area contributed by atoms with Gasteiger partial charge in [0.15, 0.2) is 11.5 Å². The fourth-order valence-electron chi connectivity index (χ4n) is 4.74. The van der Waals surface area contributed by atoms with Crippen molar-refractivity contribution in [3.8, 4) is 11.5 Å². The molecule has 4 heteroatoms. The summed E-state index contributed by atoms with van der Waals surface area (Å²) in [6.07, 6.45) is 4.39. The standard InChI is InChI=1S/C26H37NO3/c1-6-25(3)19-26(14-16-30-25,22-10-7-20(2)8-11-22)13-15-27-18-21-9-12-23(28-4)24(17-21)29-5/h7-12,17,27H,6,13-16,18-19H2,1-5H3/p+1/t25-,26+/m1/s1. The summed E-state index contributed by atoms with van der Waals surface area (Å²) in [4.78, 5) is 0. The lowest BCUT2D eigenvalue weighted by Gasteiger charge is -2.46. The molecule has 1 aliphatic heterocycles. The Morgan fingerprint density at radius 3 is 2.43 bits per heavy atom. The van der Waals surface area contributed by atoms with Crippen molar-refractivity contribution in [1.82, 2.24) is 0 Å². The number of nitrogens with two attached hydrogens (primary N) is 1. The van der Waals surface area contributed by atoms with Gasteiger partial charge in [0, 0.05) is 24.0 Å². The normalized spacial score (nSPS) is 23.9. The number of benzene rings is 2. The first kappa shape index (κ1) is 22.6. The van der Waals surface area contributed by atoms with E-state index in [0.29, 0.717) is 0 Å². The highest BCUT2D eigenvalue weighted by molar-refractivity contribution is 5.42. The van der Waals surface area contributed by atoms with Gasteiger partial charge in [0.2, 0.25) is 0 Å². The Kier molecular flexibility index (Phi) is 7.43. The van der Waals surface area contributed by atoms with Crippen molar-refractivity contribution in [2.75, 3.05) is 27.4 Å². The molecule has 30 heavy (non-hydrogen) atoms. The molecule has 1 saturated heterocycles. The van der Waals surface area contributed by atoms with Gasteiger partial charge in [-0.25, -0.2) is 0 Å². The summed E-state index contributed by atoms with van der Waals surface area (Å²) in [5.74, 6) is 1.57. The Bertz CT molecular complexity index is 820. The van der Waals surface area contributed by atoms with Crippen molar-refractivity contribution in [1.29, 1.82) is 0 Å². The monoisotopic (exact) mass is 412 g/mol. The molecule has 0 aromatic heterocycles. The van der Waals surface area contributed by atoms with Crippen LogP contribution in [0.15, 0.2) is 42.5 Å². The Hall–Kier alpha value is -2.04. The molecule has 4 nitrogen and oxygen atoms in total. The van der Waals surface area contributed by atoms with Gasteiger partial charge in [0.05, 0.1) is 26.4 Å². The minimum Gasteiger partial charge on any atom is -0.493 e. The Morgan fingerprint density at radius 1 is 1.03 bits per heavy atom. The lowest BCUT2D eigenvalue weighted by Crippen LogP contribution is -2.83. The molecule has 0 unspecified atom stereocenters. The van der Waals surface area contributed by atoms with Crippen LogP contribution in [-0.2, 0) is 16.7 Å². The highest BCUT2D eigenvalue weighted by Gasteiger charge is 2.43. The maximum Gasteiger partial charge on any atom is 0.161 e. The van der Waals surface area contributed by atoms with E-state index in [-0.39, 0.29) is 11.0 Å². The summed E-state index contributed by atoms with van der Waals surface area (Å²) in [6, 6.07) is 15.4. The topological polar surface area (TPSA) is 44.3 Å². The van der Waals surface area contributed by atoms with Gasteiger partial charge in [-0.3, -0.25) is 0 Å². The lowest BCUT2D eigenvalue weighted by molar-refractivity contribution is -0.672. The fourth-order valence-corrected chi connectivity index (χ4v) is 4.74. The van der Waals surface area contributed by atoms with E-state index in [9.17, 15) is 0 Å². The van der Waals surface area contributed by atoms with Gasteiger partial charge in [-0.15, -0.1) is 0 Å². The minimum atomic E-state index is -0.0352. The molecule has 2 aromatic carbocycles. The molecule has 2 aromatic rings. The highest BCUT2D eigenvalue weighted by Crippen LogP contribution is 2.45. The second-order valence-electron chi connectivity index (χ2n) is 8.95. The van der Waals surface area contributed by atoms with Gasteiger partial charge in [0.1, 0.15) is 6.54 Å². The summed E-state index contributed by atoms with van der Waals surface area (Å²) in [5.41, 5.74) is 4.19. The van der Waals surface area contributed by atoms with Crippen LogP contribution in [0.25, 0.3) is 0 Å². The second kappa shape index (κ2) is 9.84. The van der Waals surface area contributed by atoms with Crippen LogP contribution in [0.4, 0.5) is 0 Å². The van der Waals surface area contributed by atoms with Gasteiger partial charge >= 0.3 is 0 Å². The first-order valence-corrected chi connectivity index (χ1v) is 11.2. The molecule has 164 valence electrons. The van der Waals surface area contributed by atoms with Crippen LogP contribution >= 0.6 is 0 Å². The third-order valence-corrected chi connectivity index (χ3v) is 6.81. The van der Waals surface area contributed by atoms with E-state index in [0.717, 1.165) is 56.9 Å². The third kappa shape index (κ3) is 5.16. The summed E-state index contributed by atoms with van der Waals surface area (Å²) < 4.78 is 17.0. The SMILES string of the molecule is CC[C@]1(C)C[C@@](CC[NH2+]Cc2ccc(OC)c(OC)c2)(c2ccc(C)cc2)CCO1. The van der Waals surface area contributed by atoms with Crippen molar-refractivity contribution < 1.29 is 19.5 Å². The predicted octanol–water partition coefficient (Wildman–Crippen LogP) is 4.38. The number of rotatable bonds is 9. The van der Waals surface area contributed by atoms with Crippen molar-refractivity contribution in [3.05, 3.63) is 59.2 Å². The Labute approximate surface area is 181 Å². The molecule has 2 N–H and O–H groups in total. The molecule has 0 bridgehead atoms. The average Bonchev–Trinajstić information content (AvgIpc) is 2.77. The first-order chi connectivity index (χ1) is 14.4. The van der Waals surface area contributed by atoms with E-state index in [1.54, 1.807) is 14.2 Å². The van der Waals surface area contributed by atoms with E-state index >= 15 is 0 Å². The molecule has 1 fully saturated rings. The number of ether oxygens (including phenoxy) is 3. The quantitative estimate of drug-likeness (QED) is 0.622. The molecular weight excluding hydrogens is 374 g/mol. The van der Waals surface area contributed by atoms with E-state index < -0.39 is 0 Å². The van der Waals surface area contributed by atoms with Crippen molar-refractivity contribution in [3.63, 3.8) is 0 Å². The molecule has 0 radical (unpaired) electrons. The summed E-state index contributed by atoms with van der Waals surface area (Å²) in [5, 5.41) is 2.41. The third-order valence-electron chi connectivity index (χ3n) is 6.81. The van der Waals surface area contributed by atoms with Crippen LogP contribution in [0.2, 0.25) is 0 Å². The van der Waals surface area contributed by atoms with Crippen LogP contribution < -0.4 is 14.8 Å². The molecule has 0 spiro atoms. The number of hydrogen-bond donors (Lipinski definition) is 1. The van der Waals surface area contributed by atoms with Crippen LogP contribution in [0, 0.1) is 6.92 Å². The summed E-state index contributed by atoms with van der Waals surface area (Å²) in [7, 11) is 3.36. The maximum absolute atomic E-state index is 6.20. The number of methoxy groups -OCH3 is 2. The van der Waals surface area contributed by atoms with Crippen molar-refractivity contribution in [2.24, 2.45) is 0 Å². The van der Waals surface area contributed by atoms with Gasteiger partial charge in [0.25, 0.3) is 0 Å². The predicted molar refractivity (Wildman–Crippen MR) is 121 cm³/mol. The van der Waals surface area contributed by atoms with Crippen molar-refractivity contribution >= 4 is 0 Å². The number of quaternary nitrogens is 1. The van der Waals surface area contributed by atoms with E-state index in [1.165, 1.54) is 16.7 Å². The van der Waals surface area contributed by atoms with Crippen LogP contribution in [0.5, 0.6) is 11.5 Å². The Balaban J connectivity index is 1.69. The van der Waals surface area contributed by atoms with E-state index in [1.807, 2.05) is 6.07 Å². The molecule has 0 saturated carbocycles. The highest BCUT2D eigenvalue weighted by atomic mass is 16.5. The zero-order valence-electron chi connectivity index (χ0n) is 19.3. The minimum absolute atomic E-state index is 0.0352. The Morgan fingerprint density at radius 2 is 1.77 bits per heavy atom. The van der Waals surface area contributed by atoms with Crippen LogP contribution in [-0.4, -0.2) is 33.0 Å². The van der Waals surface area contributed by atoms with Crippen molar-refractivity contribution in [2.45, 2.75) is 64.0 Å². The molecule has 2 atom stereocenters. The maximum atomic E-state index is 6.20. The largest absolute Gasteiger partial charge is 0.493 e. The lowest BCUT2D eigenvalue weighted by atomic mass is 9.66. The van der Waals surface area contributed by atoms with Gasteiger partial charge in [-0.1, -0.05) is 36.8 Å². The van der Waals surface area contributed by atoms with E-state index in [4.69, 9.17) is 14.2 Å². The van der Waals surface area contributed by atoms with Gasteiger partial charge < -0.3 is 19.5 Å². The molecular formula is C26H38NO3+. The molecule has 0 aliphatic carbocycles. The molecule has 1 aliphatic rings. The fraction of sp³-hybridized carbons (Fsp3) is 0.538. The second-order valence-corrected chi connectivity index (χ2v) is 8.95. The van der Waals surface area contributed by atoms with Crippen LogP contribution in [0.3, 0.4) is 0 Å². The van der Waals surface area contributed by atoms with E-state index in [2.05, 4.69) is 62.5 Å². The van der Waals surface area contributed by atoms with Crippen LogP contribution in [0.1, 0.15) is 56.2 Å². The zero-order valence-corrected chi connectivity index (χ0v) is 19.3. The number of aryl methyl sites for hydroxylation is 1. The summed E-state index contributed by atoms with van der Waals surface area (Å²) in [6.45, 7) is 9.55. The van der Waals surface area contributed by atoms with Gasteiger partial charge in [-0.2, -0.15) is 0 Å². The smallest absolute Gasteiger partial charge is 0.161 e. The molecule has 3 rings (SSSR count). The average molecular weight is 413 g/mol. The van der Waals surface area contributed by atoms with Gasteiger partial charge in [-0.05, 0) is 56.9 Å². The molecule has 1 heterocycles. The number of hydrogen-bond acceptors (Lipinski definition) is 3.